The van der Waals surface area contributed by atoms with E-state index >= 15 is 0 Å². The molecule has 0 radical (unpaired) electrons. The highest BCUT2D eigenvalue weighted by molar-refractivity contribution is 5.82. The van der Waals surface area contributed by atoms with Gasteiger partial charge in [-0.2, -0.15) is 9.97 Å². The van der Waals surface area contributed by atoms with Crippen LogP contribution in [0.5, 0.6) is 6.01 Å². The van der Waals surface area contributed by atoms with Gasteiger partial charge < -0.3 is 20.1 Å². The molecule has 1 aliphatic rings. The van der Waals surface area contributed by atoms with E-state index in [2.05, 4.69) is 33.7 Å². The predicted octanol–water partition coefficient (Wildman–Crippen LogP) is 3.16. The van der Waals surface area contributed by atoms with Crippen LogP contribution in [-0.4, -0.2) is 57.3 Å². The topological polar surface area (TPSA) is 91.3 Å². The molecule has 27 heavy (non-hydrogen) atoms. The summed E-state index contributed by atoms with van der Waals surface area (Å²) in [6.07, 6.45) is 3.14. The smallest absolute Gasteiger partial charge is 0.320 e. The van der Waals surface area contributed by atoms with E-state index in [1.165, 1.54) is 0 Å². The van der Waals surface area contributed by atoms with Crippen LogP contribution in [0, 0.1) is 6.92 Å². The van der Waals surface area contributed by atoms with E-state index in [4.69, 9.17) is 15.2 Å². The molecule has 1 atom stereocenters. The number of aromatic nitrogens is 4. The summed E-state index contributed by atoms with van der Waals surface area (Å²) >= 11 is 0. The molecule has 2 aromatic rings. The number of nitrogen functional groups attached to an aromatic ring is 1. The molecular weight excluding hydrogens is 344 g/mol. The summed E-state index contributed by atoms with van der Waals surface area (Å²) in [5, 5.41) is 0. The zero-order chi connectivity index (χ0) is 19.8. The van der Waals surface area contributed by atoms with Crippen molar-refractivity contribution in [2.24, 2.45) is 0 Å². The van der Waals surface area contributed by atoms with E-state index in [0.717, 1.165) is 51.3 Å². The Morgan fingerprint density at radius 1 is 1.19 bits per heavy atom. The highest BCUT2D eigenvalue weighted by atomic mass is 16.5. The first kappa shape index (κ1) is 21.4. The third-order valence-electron chi connectivity index (χ3n) is 4.70. The molecule has 3 heterocycles. The Morgan fingerprint density at radius 3 is 2.56 bits per heavy atom. The maximum absolute atomic E-state index is 6.09. The molecule has 3 rings (SSSR count). The lowest BCUT2D eigenvalue weighted by molar-refractivity contribution is -0.0309. The van der Waals surface area contributed by atoms with E-state index in [1.807, 2.05) is 25.3 Å². The molecule has 0 aromatic carbocycles. The van der Waals surface area contributed by atoms with Crippen LogP contribution in [-0.2, 0) is 4.74 Å². The standard InChI is InChI=1S/C17H28N6O2.C2H6/c1-4-22(5-2)9-11-25-17-20-15(18)14-16(21-17)23(12(3)19-14)13-8-6-7-10-24-13;1-2/h13H,4-11H2,1-3H3,(H2,18,20,21);1-2H3. The molecule has 152 valence electrons. The summed E-state index contributed by atoms with van der Waals surface area (Å²) in [6.45, 7) is 14.3. The Bertz CT molecular complexity index is 708. The number of ether oxygens (including phenoxy) is 2. The first-order valence-corrected chi connectivity index (χ1v) is 10.1. The lowest BCUT2D eigenvalue weighted by Crippen LogP contribution is -2.28. The summed E-state index contributed by atoms with van der Waals surface area (Å²) in [5.41, 5.74) is 7.40. The molecular formula is C19H34N6O2. The van der Waals surface area contributed by atoms with Crippen LogP contribution in [0.2, 0.25) is 0 Å². The van der Waals surface area contributed by atoms with Gasteiger partial charge in [0.2, 0.25) is 0 Å². The van der Waals surface area contributed by atoms with Gasteiger partial charge in [0.25, 0.3) is 0 Å². The van der Waals surface area contributed by atoms with Crippen molar-refractivity contribution in [3.05, 3.63) is 5.82 Å². The van der Waals surface area contributed by atoms with Crippen LogP contribution in [0.1, 0.15) is 59.0 Å². The van der Waals surface area contributed by atoms with Crippen LogP contribution < -0.4 is 10.5 Å². The Balaban J connectivity index is 0.00000126. The molecule has 0 bridgehead atoms. The van der Waals surface area contributed by atoms with Crippen molar-refractivity contribution in [3.8, 4) is 6.01 Å². The first-order valence-electron chi connectivity index (χ1n) is 10.1. The molecule has 0 spiro atoms. The van der Waals surface area contributed by atoms with Crippen molar-refractivity contribution in [2.45, 2.75) is 60.1 Å². The van der Waals surface area contributed by atoms with Gasteiger partial charge in [-0.15, -0.1) is 0 Å². The van der Waals surface area contributed by atoms with Crippen molar-refractivity contribution in [1.29, 1.82) is 0 Å². The van der Waals surface area contributed by atoms with E-state index in [-0.39, 0.29) is 6.23 Å². The normalized spacial score (nSPS) is 17.0. The van der Waals surface area contributed by atoms with E-state index in [1.54, 1.807) is 0 Å². The average Bonchev–Trinajstić information content (AvgIpc) is 3.04. The fourth-order valence-electron chi connectivity index (χ4n) is 3.23. The fourth-order valence-corrected chi connectivity index (χ4v) is 3.23. The lowest BCUT2D eigenvalue weighted by Gasteiger charge is -2.25. The Hall–Kier alpha value is -1.93. The molecule has 0 aliphatic carbocycles. The number of fused-ring (bicyclic) bond motifs is 1. The quantitative estimate of drug-likeness (QED) is 0.791. The third kappa shape index (κ3) is 5.07. The fraction of sp³-hybridized carbons (Fsp3) is 0.737. The third-order valence-corrected chi connectivity index (χ3v) is 4.70. The maximum atomic E-state index is 6.09. The largest absolute Gasteiger partial charge is 0.462 e. The minimum Gasteiger partial charge on any atom is -0.462 e. The lowest BCUT2D eigenvalue weighted by atomic mass is 10.2. The van der Waals surface area contributed by atoms with E-state index in [9.17, 15) is 0 Å². The molecule has 8 nitrogen and oxygen atoms in total. The molecule has 0 amide bonds. The SMILES string of the molecule is CC.CCN(CC)CCOc1nc(N)c2nc(C)n(C3CCCCO3)c2n1. The van der Waals surface area contributed by atoms with Gasteiger partial charge in [0.1, 0.15) is 18.7 Å². The minimum atomic E-state index is -0.0448. The number of nitrogens with two attached hydrogens (primary N) is 1. The Kier molecular flexibility index (Phi) is 8.24. The van der Waals surface area contributed by atoms with Gasteiger partial charge in [-0.3, -0.25) is 4.57 Å². The van der Waals surface area contributed by atoms with Crippen LogP contribution in [0.15, 0.2) is 0 Å². The number of imidazole rings is 1. The summed E-state index contributed by atoms with van der Waals surface area (Å²) in [5.74, 6) is 1.18. The van der Waals surface area contributed by atoms with Crippen molar-refractivity contribution >= 4 is 17.0 Å². The van der Waals surface area contributed by atoms with Crippen LogP contribution in [0.25, 0.3) is 11.2 Å². The maximum Gasteiger partial charge on any atom is 0.320 e. The zero-order valence-corrected chi connectivity index (χ0v) is 17.4. The van der Waals surface area contributed by atoms with E-state index < -0.39 is 0 Å². The summed E-state index contributed by atoms with van der Waals surface area (Å²) in [6, 6.07) is 0.300. The van der Waals surface area contributed by atoms with Gasteiger partial charge in [0.15, 0.2) is 17.0 Å². The molecule has 0 saturated carbocycles. The molecule has 2 N–H and O–H groups in total. The van der Waals surface area contributed by atoms with Crippen LogP contribution in [0.4, 0.5) is 5.82 Å². The van der Waals surface area contributed by atoms with Gasteiger partial charge in [0.05, 0.1) is 0 Å². The molecule has 1 aliphatic heterocycles. The number of rotatable bonds is 7. The predicted molar refractivity (Wildman–Crippen MR) is 108 cm³/mol. The average molecular weight is 379 g/mol. The second kappa shape index (κ2) is 10.4. The molecule has 1 fully saturated rings. The van der Waals surface area contributed by atoms with Crippen molar-refractivity contribution < 1.29 is 9.47 Å². The van der Waals surface area contributed by atoms with E-state index in [0.29, 0.717) is 29.6 Å². The summed E-state index contributed by atoms with van der Waals surface area (Å²) < 4.78 is 13.7. The molecule has 1 saturated heterocycles. The Labute approximate surface area is 162 Å². The van der Waals surface area contributed by atoms with Gasteiger partial charge in [-0.1, -0.05) is 27.7 Å². The van der Waals surface area contributed by atoms with Crippen molar-refractivity contribution in [2.75, 3.05) is 38.6 Å². The van der Waals surface area contributed by atoms with Crippen LogP contribution in [0.3, 0.4) is 0 Å². The zero-order valence-electron chi connectivity index (χ0n) is 17.4. The first-order chi connectivity index (χ1) is 13.1. The second-order valence-electron chi connectivity index (χ2n) is 6.29. The number of aryl methyl sites for hydroxylation is 1. The summed E-state index contributed by atoms with van der Waals surface area (Å²) in [4.78, 5) is 15.6. The highest BCUT2D eigenvalue weighted by Crippen LogP contribution is 2.29. The molecule has 8 heteroatoms. The number of nitrogens with zero attached hydrogens (tertiary/aromatic N) is 5. The summed E-state index contributed by atoms with van der Waals surface area (Å²) in [7, 11) is 0. The number of likely N-dealkylation sites (N-methyl/N-ethyl adjacent to an activating group) is 1. The second-order valence-corrected chi connectivity index (χ2v) is 6.29. The molecule has 2 aromatic heterocycles. The van der Waals surface area contributed by atoms with Crippen molar-refractivity contribution in [1.82, 2.24) is 24.4 Å². The minimum absolute atomic E-state index is 0.0448. The highest BCUT2D eigenvalue weighted by Gasteiger charge is 2.23. The molecule has 1 unspecified atom stereocenters. The van der Waals surface area contributed by atoms with Gasteiger partial charge >= 0.3 is 6.01 Å². The number of anilines is 1. The number of hydrogen-bond donors (Lipinski definition) is 1. The van der Waals surface area contributed by atoms with Crippen molar-refractivity contribution in [3.63, 3.8) is 0 Å². The van der Waals surface area contributed by atoms with Gasteiger partial charge in [-0.25, -0.2) is 4.98 Å². The van der Waals surface area contributed by atoms with Gasteiger partial charge in [-0.05, 0) is 39.3 Å². The van der Waals surface area contributed by atoms with Crippen LogP contribution >= 0.6 is 0 Å². The number of hydrogen-bond acceptors (Lipinski definition) is 7. The Morgan fingerprint density at radius 2 is 1.93 bits per heavy atom. The van der Waals surface area contributed by atoms with Gasteiger partial charge in [0, 0.05) is 13.2 Å². The monoisotopic (exact) mass is 378 g/mol.